The summed E-state index contributed by atoms with van der Waals surface area (Å²) >= 11 is 1.80. The van der Waals surface area contributed by atoms with Gasteiger partial charge in [-0.3, -0.25) is 9.88 Å². The van der Waals surface area contributed by atoms with E-state index < -0.39 is 0 Å². The Labute approximate surface area is 133 Å². The molecule has 1 saturated heterocycles. The maximum absolute atomic E-state index is 4.25. The molecule has 1 atom stereocenters. The molecule has 1 aliphatic carbocycles. The molecular formula is C17H29N3S. The summed E-state index contributed by atoms with van der Waals surface area (Å²) in [5, 5.41) is 3.95. The number of rotatable bonds is 4. The predicted molar refractivity (Wildman–Crippen MR) is 89.6 cm³/mol. The largest absolute Gasteiger partial charge is 0.308 e. The Bertz CT molecular complexity index is 423. The summed E-state index contributed by atoms with van der Waals surface area (Å²) in [6, 6.07) is 0.680. The highest BCUT2D eigenvalue weighted by atomic mass is 32.1. The zero-order chi connectivity index (χ0) is 14.7. The van der Waals surface area contributed by atoms with Gasteiger partial charge in [0.25, 0.3) is 0 Å². The third-order valence-corrected chi connectivity index (χ3v) is 5.90. The predicted octanol–water partition coefficient (Wildman–Crippen LogP) is 3.67. The molecular weight excluding hydrogens is 278 g/mol. The van der Waals surface area contributed by atoms with E-state index in [0.717, 1.165) is 19.0 Å². The van der Waals surface area contributed by atoms with E-state index in [1.54, 1.807) is 11.3 Å². The quantitative estimate of drug-likeness (QED) is 0.920. The first kappa shape index (κ1) is 15.4. The number of piperazine rings is 1. The van der Waals surface area contributed by atoms with E-state index in [4.69, 9.17) is 0 Å². The lowest BCUT2D eigenvalue weighted by Crippen LogP contribution is -2.64. The number of nitrogens with one attached hydrogen (secondary N) is 1. The minimum Gasteiger partial charge on any atom is -0.308 e. The molecule has 2 aliphatic rings. The van der Waals surface area contributed by atoms with Crippen molar-refractivity contribution in [1.82, 2.24) is 15.2 Å². The van der Waals surface area contributed by atoms with Crippen molar-refractivity contribution >= 4 is 11.3 Å². The van der Waals surface area contributed by atoms with E-state index in [2.05, 4.69) is 29.0 Å². The van der Waals surface area contributed by atoms with Crippen molar-refractivity contribution in [1.29, 1.82) is 0 Å². The van der Waals surface area contributed by atoms with Crippen LogP contribution in [0.15, 0.2) is 11.7 Å². The molecule has 1 saturated carbocycles. The van der Waals surface area contributed by atoms with Crippen molar-refractivity contribution in [3.05, 3.63) is 16.6 Å². The molecule has 1 aromatic heterocycles. The lowest BCUT2D eigenvalue weighted by Gasteiger charge is -2.50. The zero-order valence-electron chi connectivity index (χ0n) is 13.5. The van der Waals surface area contributed by atoms with Crippen LogP contribution in [0, 0.1) is 5.92 Å². The monoisotopic (exact) mass is 307 g/mol. The van der Waals surface area contributed by atoms with E-state index in [1.165, 1.54) is 49.9 Å². The molecule has 1 aromatic rings. The normalized spacial score (nSPS) is 26.5. The average Bonchev–Trinajstić information content (AvgIpc) is 2.96. The summed E-state index contributed by atoms with van der Waals surface area (Å²) in [6.07, 6.45) is 10.3. The Morgan fingerprint density at radius 2 is 2.19 bits per heavy atom. The van der Waals surface area contributed by atoms with Gasteiger partial charge >= 0.3 is 0 Å². The third kappa shape index (κ3) is 3.85. The highest BCUT2D eigenvalue weighted by molar-refractivity contribution is 7.09. The van der Waals surface area contributed by atoms with E-state index in [0.29, 0.717) is 11.6 Å². The Kier molecular flexibility index (Phi) is 4.97. The van der Waals surface area contributed by atoms with Gasteiger partial charge in [-0.25, -0.2) is 0 Å². The molecule has 1 unspecified atom stereocenters. The van der Waals surface area contributed by atoms with E-state index in [1.807, 2.05) is 11.7 Å². The van der Waals surface area contributed by atoms with Crippen LogP contribution < -0.4 is 5.32 Å². The number of hydrogen-bond acceptors (Lipinski definition) is 4. The first-order valence-electron chi connectivity index (χ1n) is 8.53. The van der Waals surface area contributed by atoms with E-state index in [9.17, 15) is 0 Å². The molecule has 3 rings (SSSR count). The van der Waals surface area contributed by atoms with Gasteiger partial charge in [0, 0.05) is 42.3 Å². The van der Waals surface area contributed by atoms with Crippen molar-refractivity contribution in [2.45, 2.75) is 70.5 Å². The molecule has 1 spiro atoms. The summed E-state index contributed by atoms with van der Waals surface area (Å²) < 4.78 is 0. The maximum Gasteiger partial charge on any atom is 0.0794 e. The smallest absolute Gasteiger partial charge is 0.0794 e. The van der Waals surface area contributed by atoms with Crippen LogP contribution >= 0.6 is 11.3 Å². The van der Waals surface area contributed by atoms with Crippen LogP contribution in [0.5, 0.6) is 0 Å². The lowest BCUT2D eigenvalue weighted by atomic mass is 9.79. The Morgan fingerprint density at radius 1 is 1.38 bits per heavy atom. The first-order valence-corrected chi connectivity index (χ1v) is 9.41. The van der Waals surface area contributed by atoms with Gasteiger partial charge in [0.05, 0.1) is 5.51 Å². The fourth-order valence-corrected chi connectivity index (χ4v) is 4.70. The van der Waals surface area contributed by atoms with E-state index in [-0.39, 0.29) is 0 Å². The SMILES string of the molecule is CC(C)CC1CNC2(CCCCC2)CN1Cc1cncs1. The summed E-state index contributed by atoms with van der Waals surface area (Å²) in [4.78, 5) is 8.41. The van der Waals surface area contributed by atoms with Gasteiger partial charge in [-0.05, 0) is 25.2 Å². The molecule has 118 valence electrons. The fourth-order valence-electron chi connectivity index (χ4n) is 4.08. The minimum absolute atomic E-state index is 0.399. The van der Waals surface area contributed by atoms with Crippen LogP contribution in [0.2, 0.25) is 0 Å². The highest BCUT2D eigenvalue weighted by Gasteiger charge is 2.39. The summed E-state index contributed by atoms with van der Waals surface area (Å²) in [6.45, 7) is 8.16. The van der Waals surface area contributed by atoms with Crippen LogP contribution in [-0.4, -0.2) is 34.6 Å². The lowest BCUT2D eigenvalue weighted by molar-refractivity contribution is 0.0420. The molecule has 0 aromatic carbocycles. The second-order valence-corrected chi connectivity index (χ2v) is 8.35. The number of aromatic nitrogens is 1. The van der Waals surface area contributed by atoms with Crippen LogP contribution in [0.1, 0.15) is 57.2 Å². The molecule has 3 nitrogen and oxygen atoms in total. The Morgan fingerprint density at radius 3 is 2.86 bits per heavy atom. The van der Waals surface area contributed by atoms with Crippen molar-refractivity contribution in [3.63, 3.8) is 0 Å². The molecule has 21 heavy (non-hydrogen) atoms. The number of thiazole rings is 1. The van der Waals surface area contributed by atoms with Crippen LogP contribution in [0.25, 0.3) is 0 Å². The molecule has 0 amide bonds. The molecule has 2 heterocycles. The molecule has 0 bridgehead atoms. The van der Waals surface area contributed by atoms with Crippen molar-refractivity contribution in [3.8, 4) is 0 Å². The highest BCUT2D eigenvalue weighted by Crippen LogP contribution is 2.33. The maximum atomic E-state index is 4.25. The van der Waals surface area contributed by atoms with Crippen LogP contribution in [0.4, 0.5) is 0 Å². The van der Waals surface area contributed by atoms with Gasteiger partial charge in [0.15, 0.2) is 0 Å². The average molecular weight is 308 g/mol. The summed E-state index contributed by atoms with van der Waals surface area (Å²) in [5.74, 6) is 0.765. The van der Waals surface area contributed by atoms with Gasteiger partial charge < -0.3 is 5.32 Å². The van der Waals surface area contributed by atoms with Crippen molar-refractivity contribution < 1.29 is 0 Å². The first-order chi connectivity index (χ1) is 10.2. The summed E-state index contributed by atoms with van der Waals surface area (Å²) in [5.41, 5.74) is 2.36. The topological polar surface area (TPSA) is 28.2 Å². The third-order valence-electron chi connectivity index (χ3n) is 5.13. The van der Waals surface area contributed by atoms with Gasteiger partial charge in [0.1, 0.15) is 0 Å². The second kappa shape index (κ2) is 6.76. The van der Waals surface area contributed by atoms with Gasteiger partial charge in [0.2, 0.25) is 0 Å². The standard InChI is InChI=1S/C17H29N3S/c1-14(2)8-15-9-19-17(6-4-3-5-7-17)12-20(15)11-16-10-18-13-21-16/h10,13-15,19H,3-9,11-12H2,1-2H3. The number of nitrogens with zero attached hydrogens (tertiary/aromatic N) is 2. The minimum atomic E-state index is 0.399. The fraction of sp³-hybridized carbons (Fsp3) is 0.824. The van der Waals surface area contributed by atoms with Crippen molar-refractivity contribution in [2.75, 3.05) is 13.1 Å². The Hall–Kier alpha value is -0.450. The molecule has 0 radical (unpaired) electrons. The molecule has 1 aliphatic heterocycles. The molecule has 2 fully saturated rings. The number of hydrogen-bond donors (Lipinski definition) is 1. The zero-order valence-corrected chi connectivity index (χ0v) is 14.3. The van der Waals surface area contributed by atoms with E-state index >= 15 is 0 Å². The van der Waals surface area contributed by atoms with Gasteiger partial charge in [-0.15, -0.1) is 11.3 Å². The van der Waals surface area contributed by atoms with Crippen molar-refractivity contribution in [2.24, 2.45) is 5.92 Å². The molecule has 1 N–H and O–H groups in total. The second-order valence-electron chi connectivity index (χ2n) is 7.38. The van der Waals surface area contributed by atoms with Crippen LogP contribution in [-0.2, 0) is 6.54 Å². The van der Waals surface area contributed by atoms with Gasteiger partial charge in [-0.2, -0.15) is 0 Å². The van der Waals surface area contributed by atoms with Gasteiger partial charge in [-0.1, -0.05) is 33.1 Å². The Balaban J connectivity index is 1.71. The molecule has 4 heteroatoms. The summed E-state index contributed by atoms with van der Waals surface area (Å²) in [7, 11) is 0. The van der Waals surface area contributed by atoms with Crippen LogP contribution in [0.3, 0.4) is 0 Å².